The predicted octanol–water partition coefficient (Wildman–Crippen LogP) is 1.78. The standard InChI is InChI=1S/C13H19N5/c1-3-7-18-9-11(8-17-18)13(15-4-2)12-5-6-14-10-16-12/h5-6,8-10,13,15H,3-4,7H2,1-2H3. The summed E-state index contributed by atoms with van der Waals surface area (Å²) in [5.74, 6) is 0. The zero-order valence-electron chi connectivity index (χ0n) is 10.9. The molecule has 0 fully saturated rings. The summed E-state index contributed by atoms with van der Waals surface area (Å²) < 4.78 is 1.97. The number of rotatable bonds is 6. The van der Waals surface area contributed by atoms with Crippen LogP contribution in [0.2, 0.25) is 0 Å². The Labute approximate surface area is 107 Å². The average Bonchev–Trinajstić information content (AvgIpc) is 2.86. The molecule has 0 bridgehead atoms. The van der Waals surface area contributed by atoms with E-state index in [4.69, 9.17) is 0 Å². The summed E-state index contributed by atoms with van der Waals surface area (Å²) >= 11 is 0. The lowest BCUT2D eigenvalue weighted by Crippen LogP contribution is -2.22. The minimum absolute atomic E-state index is 0.0867. The lowest BCUT2D eigenvalue weighted by atomic mass is 10.1. The Balaban J connectivity index is 2.23. The molecular weight excluding hydrogens is 226 g/mol. The molecule has 0 spiro atoms. The third kappa shape index (κ3) is 2.92. The monoisotopic (exact) mass is 245 g/mol. The summed E-state index contributed by atoms with van der Waals surface area (Å²) in [6.07, 6.45) is 8.42. The van der Waals surface area contributed by atoms with Gasteiger partial charge >= 0.3 is 0 Å². The second-order valence-electron chi connectivity index (χ2n) is 4.16. The van der Waals surface area contributed by atoms with Crippen LogP contribution in [0.1, 0.15) is 37.6 Å². The van der Waals surface area contributed by atoms with Gasteiger partial charge < -0.3 is 5.32 Å². The summed E-state index contributed by atoms with van der Waals surface area (Å²) in [7, 11) is 0. The number of nitrogens with one attached hydrogen (secondary N) is 1. The molecule has 0 aliphatic heterocycles. The molecule has 0 aliphatic rings. The van der Waals surface area contributed by atoms with Gasteiger partial charge in [-0.1, -0.05) is 13.8 Å². The van der Waals surface area contributed by atoms with Crippen LogP contribution in [0, 0.1) is 0 Å². The van der Waals surface area contributed by atoms with Crippen molar-refractivity contribution in [2.75, 3.05) is 6.54 Å². The normalized spacial score (nSPS) is 12.6. The van der Waals surface area contributed by atoms with E-state index < -0.39 is 0 Å². The fourth-order valence-corrected chi connectivity index (χ4v) is 1.95. The lowest BCUT2D eigenvalue weighted by Gasteiger charge is -2.15. The summed E-state index contributed by atoms with van der Waals surface area (Å²) in [5.41, 5.74) is 2.12. The van der Waals surface area contributed by atoms with Crippen LogP contribution < -0.4 is 5.32 Å². The van der Waals surface area contributed by atoms with Crippen molar-refractivity contribution < 1.29 is 0 Å². The first-order valence-electron chi connectivity index (χ1n) is 6.36. The molecule has 2 aromatic rings. The van der Waals surface area contributed by atoms with Crippen molar-refractivity contribution in [1.82, 2.24) is 25.1 Å². The molecule has 5 nitrogen and oxygen atoms in total. The van der Waals surface area contributed by atoms with E-state index in [0.29, 0.717) is 0 Å². The minimum atomic E-state index is 0.0867. The maximum absolute atomic E-state index is 4.37. The van der Waals surface area contributed by atoms with E-state index in [-0.39, 0.29) is 6.04 Å². The molecule has 0 aliphatic carbocycles. The van der Waals surface area contributed by atoms with E-state index in [9.17, 15) is 0 Å². The molecule has 0 amide bonds. The van der Waals surface area contributed by atoms with Crippen LogP contribution >= 0.6 is 0 Å². The van der Waals surface area contributed by atoms with Crippen molar-refractivity contribution in [3.05, 3.63) is 42.2 Å². The van der Waals surface area contributed by atoms with Crippen molar-refractivity contribution in [2.24, 2.45) is 0 Å². The van der Waals surface area contributed by atoms with E-state index in [1.54, 1.807) is 12.5 Å². The second-order valence-corrected chi connectivity index (χ2v) is 4.16. The van der Waals surface area contributed by atoms with Gasteiger partial charge in [-0.25, -0.2) is 9.97 Å². The third-order valence-electron chi connectivity index (χ3n) is 2.75. The third-order valence-corrected chi connectivity index (χ3v) is 2.75. The van der Waals surface area contributed by atoms with Crippen LogP contribution in [0.25, 0.3) is 0 Å². The van der Waals surface area contributed by atoms with E-state index in [1.165, 1.54) is 0 Å². The molecule has 2 aromatic heterocycles. The van der Waals surface area contributed by atoms with Gasteiger partial charge in [0.15, 0.2) is 0 Å². The number of nitrogens with zero attached hydrogens (tertiary/aromatic N) is 4. The Morgan fingerprint density at radius 2 is 2.28 bits per heavy atom. The highest BCUT2D eigenvalue weighted by Gasteiger charge is 2.15. The topological polar surface area (TPSA) is 55.6 Å². The molecule has 5 heteroatoms. The van der Waals surface area contributed by atoms with Gasteiger partial charge in [-0.3, -0.25) is 4.68 Å². The first kappa shape index (κ1) is 12.7. The zero-order valence-corrected chi connectivity index (χ0v) is 10.9. The average molecular weight is 245 g/mol. The molecule has 2 rings (SSSR count). The maximum atomic E-state index is 4.37. The van der Waals surface area contributed by atoms with Crippen LogP contribution in [-0.2, 0) is 6.54 Å². The number of hydrogen-bond donors (Lipinski definition) is 1. The van der Waals surface area contributed by atoms with Crippen molar-refractivity contribution in [1.29, 1.82) is 0 Å². The van der Waals surface area contributed by atoms with Gasteiger partial charge in [0.1, 0.15) is 6.33 Å². The Morgan fingerprint density at radius 3 is 2.94 bits per heavy atom. The Bertz CT molecular complexity index is 465. The van der Waals surface area contributed by atoms with Gasteiger partial charge in [-0.15, -0.1) is 0 Å². The maximum Gasteiger partial charge on any atom is 0.115 e. The summed E-state index contributed by atoms with van der Waals surface area (Å²) in [5, 5.41) is 7.79. The van der Waals surface area contributed by atoms with Crippen molar-refractivity contribution in [3.63, 3.8) is 0 Å². The molecule has 0 radical (unpaired) electrons. The number of hydrogen-bond acceptors (Lipinski definition) is 4. The quantitative estimate of drug-likeness (QED) is 0.843. The molecule has 1 atom stereocenters. The molecule has 2 heterocycles. The van der Waals surface area contributed by atoms with E-state index >= 15 is 0 Å². The van der Waals surface area contributed by atoms with Crippen molar-refractivity contribution in [3.8, 4) is 0 Å². The van der Waals surface area contributed by atoms with Crippen molar-refractivity contribution in [2.45, 2.75) is 32.9 Å². The highest BCUT2D eigenvalue weighted by Crippen LogP contribution is 2.19. The molecule has 1 unspecified atom stereocenters. The number of aryl methyl sites for hydroxylation is 1. The fourth-order valence-electron chi connectivity index (χ4n) is 1.95. The highest BCUT2D eigenvalue weighted by molar-refractivity contribution is 5.22. The molecule has 0 saturated carbocycles. The van der Waals surface area contributed by atoms with Crippen LogP contribution in [0.5, 0.6) is 0 Å². The molecule has 0 aromatic carbocycles. The molecule has 96 valence electrons. The smallest absolute Gasteiger partial charge is 0.115 e. The molecule has 18 heavy (non-hydrogen) atoms. The van der Waals surface area contributed by atoms with Gasteiger partial charge in [0.25, 0.3) is 0 Å². The largest absolute Gasteiger partial charge is 0.305 e. The molecule has 0 saturated heterocycles. The van der Waals surface area contributed by atoms with Crippen LogP contribution in [0.3, 0.4) is 0 Å². The van der Waals surface area contributed by atoms with Crippen LogP contribution in [0.4, 0.5) is 0 Å². The Hall–Kier alpha value is -1.75. The predicted molar refractivity (Wildman–Crippen MR) is 70.1 cm³/mol. The first-order chi connectivity index (χ1) is 8.85. The fraction of sp³-hybridized carbons (Fsp3) is 0.462. The van der Waals surface area contributed by atoms with Crippen LogP contribution in [0.15, 0.2) is 31.0 Å². The first-order valence-corrected chi connectivity index (χ1v) is 6.36. The van der Waals surface area contributed by atoms with Gasteiger partial charge in [0.2, 0.25) is 0 Å². The van der Waals surface area contributed by atoms with Crippen LogP contribution in [-0.4, -0.2) is 26.3 Å². The Kier molecular flexibility index (Phi) is 4.41. The van der Waals surface area contributed by atoms with E-state index in [1.807, 2.05) is 16.9 Å². The summed E-state index contributed by atoms with van der Waals surface area (Å²) in [4.78, 5) is 8.28. The van der Waals surface area contributed by atoms with Gasteiger partial charge in [-0.05, 0) is 19.0 Å². The summed E-state index contributed by atoms with van der Waals surface area (Å²) in [6.45, 7) is 6.06. The van der Waals surface area contributed by atoms with Gasteiger partial charge in [0.05, 0.1) is 17.9 Å². The van der Waals surface area contributed by atoms with Gasteiger partial charge in [-0.2, -0.15) is 5.10 Å². The SMILES string of the molecule is CCCn1cc(C(NCC)c2ccncn2)cn1. The van der Waals surface area contributed by atoms with E-state index in [0.717, 1.165) is 30.8 Å². The van der Waals surface area contributed by atoms with Crippen molar-refractivity contribution >= 4 is 0 Å². The molecule has 1 N–H and O–H groups in total. The summed E-state index contributed by atoms with van der Waals surface area (Å²) in [6, 6.07) is 2.02. The zero-order chi connectivity index (χ0) is 12.8. The highest BCUT2D eigenvalue weighted by atomic mass is 15.3. The number of aromatic nitrogens is 4. The Morgan fingerprint density at radius 1 is 1.39 bits per heavy atom. The lowest BCUT2D eigenvalue weighted by molar-refractivity contribution is 0.594. The van der Waals surface area contributed by atoms with Gasteiger partial charge in [0, 0.05) is 24.5 Å². The van der Waals surface area contributed by atoms with E-state index in [2.05, 4.69) is 40.4 Å². The molecular formula is C13H19N5. The second kappa shape index (κ2) is 6.26. The minimum Gasteiger partial charge on any atom is -0.305 e.